The topological polar surface area (TPSA) is 12.0 Å². The van der Waals surface area contributed by atoms with E-state index in [4.69, 9.17) is 0 Å². The first-order valence-electron chi connectivity index (χ1n) is 9.70. The van der Waals surface area contributed by atoms with Gasteiger partial charge in [0.1, 0.15) is 0 Å². The van der Waals surface area contributed by atoms with Crippen molar-refractivity contribution in [3.05, 3.63) is 82.3 Å². The Balaban J connectivity index is 1.49. The first-order chi connectivity index (χ1) is 12.7. The van der Waals surface area contributed by atoms with E-state index in [0.717, 1.165) is 0 Å². The second kappa shape index (κ2) is 7.94. The van der Waals surface area contributed by atoms with E-state index in [-0.39, 0.29) is 0 Å². The summed E-state index contributed by atoms with van der Waals surface area (Å²) in [4.78, 5) is 0. The van der Waals surface area contributed by atoms with E-state index in [0.29, 0.717) is 18.0 Å². The standard InChI is InChI=1S/C24H26BrN/c1-17(23-14-6-8-18-7-2-3-13-24(18)23)26-22-12-5-10-20(16-22)19-9-4-11-21(25)15-19/h2-4,6-9,11,13-15,17,20,22,26H,5,10,12,16H2,1H3/t17-,20-,22-/m1/s1. The molecule has 2 heteroatoms. The minimum Gasteiger partial charge on any atom is -0.307 e. The van der Waals surface area contributed by atoms with Crippen molar-refractivity contribution in [3.8, 4) is 0 Å². The third kappa shape index (κ3) is 3.87. The van der Waals surface area contributed by atoms with Gasteiger partial charge in [0.05, 0.1) is 0 Å². The van der Waals surface area contributed by atoms with Gasteiger partial charge < -0.3 is 5.32 Å². The monoisotopic (exact) mass is 407 g/mol. The Hall–Kier alpha value is -1.64. The molecule has 1 nitrogen and oxygen atoms in total. The van der Waals surface area contributed by atoms with Crippen LogP contribution < -0.4 is 5.32 Å². The first kappa shape index (κ1) is 17.8. The minimum absolute atomic E-state index is 0.368. The molecule has 0 amide bonds. The second-order valence-electron chi connectivity index (χ2n) is 7.57. The van der Waals surface area contributed by atoms with E-state index in [2.05, 4.69) is 94.9 Å². The molecule has 0 spiro atoms. The Bertz CT molecular complexity index is 883. The SMILES string of the molecule is C[C@@H](N[C@@H]1CCC[C@@H](c2cccc(Br)c2)C1)c1cccc2ccccc12. The van der Waals surface area contributed by atoms with Crippen molar-refractivity contribution in [1.29, 1.82) is 0 Å². The average Bonchev–Trinajstić information content (AvgIpc) is 2.68. The van der Waals surface area contributed by atoms with Crippen molar-refractivity contribution >= 4 is 26.7 Å². The van der Waals surface area contributed by atoms with Crippen molar-refractivity contribution in [2.24, 2.45) is 0 Å². The van der Waals surface area contributed by atoms with Crippen LogP contribution in [0.2, 0.25) is 0 Å². The molecule has 26 heavy (non-hydrogen) atoms. The summed E-state index contributed by atoms with van der Waals surface area (Å²) in [6.45, 7) is 2.31. The lowest BCUT2D eigenvalue weighted by molar-refractivity contribution is 0.319. The molecule has 0 radical (unpaired) electrons. The molecule has 0 unspecified atom stereocenters. The van der Waals surface area contributed by atoms with Gasteiger partial charge in [-0.3, -0.25) is 0 Å². The molecular formula is C24H26BrN. The molecule has 1 fully saturated rings. The van der Waals surface area contributed by atoms with E-state index in [1.807, 2.05) is 0 Å². The predicted molar refractivity (Wildman–Crippen MR) is 115 cm³/mol. The summed E-state index contributed by atoms with van der Waals surface area (Å²) >= 11 is 3.62. The van der Waals surface area contributed by atoms with Gasteiger partial charge in [-0.25, -0.2) is 0 Å². The second-order valence-corrected chi connectivity index (χ2v) is 8.49. The van der Waals surface area contributed by atoms with Gasteiger partial charge in [-0.1, -0.05) is 76.9 Å². The van der Waals surface area contributed by atoms with E-state index < -0.39 is 0 Å². The maximum absolute atomic E-state index is 3.93. The van der Waals surface area contributed by atoms with Gasteiger partial charge in [0.2, 0.25) is 0 Å². The third-order valence-electron chi connectivity index (χ3n) is 5.77. The Morgan fingerprint density at radius 3 is 2.65 bits per heavy atom. The van der Waals surface area contributed by atoms with E-state index >= 15 is 0 Å². The van der Waals surface area contributed by atoms with Crippen LogP contribution in [0.4, 0.5) is 0 Å². The Kier molecular flexibility index (Phi) is 5.42. The van der Waals surface area contributed by atoms with Crippen molar-refractivity contribution in [2.45, 2.75) is 50.6 Å². The normalized spacial score (nSPS) is 21.6. The Morgan fingerprint density at radius 1 is 0.962 bits per heavy atom. The Labute approximate surface area is 165 Å². The van der Waals surface area contributed by atoms with Crippen molar-refractivity contribution < 1.29 is 0 Å². The third-order valence-corrected chi connectivity index (χ3v) is 6.26. The number of hydrogen-bond acceptors (Lipinski definition) is 1. The summed E-state index contributed by atoms with van der Waals surface area (Å²) in [5.41, 5.74) is 2.89. The largest absolute Gasteiger partial charge is 0.307 e. The summed E-state index contributed by atoms with van der Waals surface area (Å²) in [5, 5.41) is 6.63. The van der Waals surface area contributed by atoms with Gasteiger partial charge in [-0.2, -0.15) is 0 Å². The van der Waals surface area contributed by atoms with Crippen LogP contribution in [0.1, 0.15) is 55.7 Å². The lowest BCUT2D eigenvalue weighted by Gasteiger charge is -2.32. The molecule has 0 bridgehead atoms. The van der Waals surface area contributed by atoms with Crippen LogP contribution in [0.15, 0.2) is 71.2 Å². The van der Waals surface area contributed by atoms with E-state index in [1.165, 1.54) is 52.1 Å². The lowest BCUT2D eigenvalue weighted by atomic mass is 9.81. The highest BCUT2D eigenvalue weighted by Crippen LogP contribution is 2.35. The van der Waals surface area contributed by atoms with Gasteiger partial charge in [0.25, 0.3) is 0 Å². The van der Waals surface area contributed by atoms with Crippen LogP contribution in [0.3, 0.4) is 0 Å². The maximum atomic E-state index is 3.93. The summed E-state index contributed by atoms with van der Waals surface area (Å²) in [5.74, 6) is 0.665. The highest BCUT2D eigenvalue weighted by molar-refractivity contribution is 9.10. The van der Waals surface area contributed by atoms with Gasteiger partial charge in [-0.05, 0) is 66.1 Å². The van der Waals surface area contributed by atoms with Crippen LogP contribution in [0, 0.1) is 0 Å². The number of rotatable bonds is 4. The van der Waals surface area contributed by atoms with Crippen LogP contribution in [-0.4, -0.2) is 6.04 Å². The summed E-state index contributed by atoms with van der Waals surface area (Å²) < 4.78 is 1.19. The molecule has 0 aromatic heterocycles. The quantitative estimate of drug-likeness (QED) is 0.491. The molecule has 3 aromatic rings. The van der Waals surface area contributed by atoms with Gasteiger partial charge >= 0.3 is 0 Å². The molecule has 4 rings (SSSR count). The fraction of sp³-hybridized carbons (Fsp3) is 0.333. The highest BCUT2D eigenvalue weighted by Gasteiger charge is 2.25. The average molecular weight is 408 g/mol. The smallest absolute Gasteiger partial charge is 0.0300 e. The fourth-order valence-corrected chi connectivity index (χ4v) is 4.89. The molecule has 0 aliphatic heterocycles. The number of nitrogens with one attached hydrogen (secondary N) is 1. The molecule has 3 atom stereocenters. The number of fused-ring (bicyclic) bond motifs is 1. The fourth-order valence-electron chi connectivity index (χ4n) is 4.48. The van der Waals surface area contributed by atoms with Crippen molar-refractivity contribution in [3.63, 3.8) is 0 Å². The zero-order valence-corrected chi connectivity index (χ0v) is 16.9. The molecule has 134 valence electrons. The summed E-state index contributed by atoms with van der Waals surface area (Å²) in [6.07, 6.45) is 5.11. The Morgan fingerprint density at radius 2 is 1.77 bits per heavy atom. The highest BCUT2D eigenvalue weighted by atomic mass is 79.9. The molecule has 1 aliphatic rings. The number of halogens is 1. The van der Waals surface area contributed by atoms with Crippen LogP contribution in [0.25, 0.3) is 10.8 Å². The van der Waals surface area contributed by atoms with Crippen LogP contribution in [0.5, 0.6) is 0 Å². The first-order valence-corrected chi connectivity index (χ1v) is 10.5. The van der Waals surface area contributed by atoms with Gasteiger partial charge in [-0.15, -0.1) is 0 Å². The number of benzene rings is 3. The minimum atomic E-state index is 0.368. The molecule has 1 aliphatic carbocycles. The lowest BCUT2D eigenvalue weighted by Crippen LogP contribution is -2.35. The van der Waals surface area contributed by atoms with Crippen LogP contribution in [-0.2, 0) is 0 Å². The summed E-state index contributed by atoms with van der Waals surface area (Å²) in [7, 11) is 0. The molecule has 1 N–H and O–H groups in total. The zero-order chi connectivity index (χ0) is 17.9. The van der Waals surface area contributed by atoms with E-state index in [1.54, 1.807) is 0 Å². The van der Waals surface area contributed by atoms with E-state index in [9.17, 15) is 0 Å². The summed E-state index contributed by atoms with van der Waals surface area (Å²) in [6, 6.07) is 25.2. The van der Waals surface area contributed by atoms with Crippen LogP contribution >= 0.6 is 15.9 Å². The molecule has 0 heterocycles. The van der Waals surface area contributed by atoms with Crippen molar-refractivity contribution in [1.82, 2.24) is 5.32 Å². The predicted octanol–water partition coefficient (Wildman–Crippen LogP) is 6.98. The van der Waals surface area contributed by atoms with Gasteiger partial charge in [0, 0.05) is 16.6 Å². The zero-order valence-electron chi connectivity index (χ0n) is 15.3. The molecular weight excluding hydrogens is 382 g/mol. The molecule has 0 saturated heterocycles. The molecule has 3 aromatic carbocycles. The van der Waals surface area contributed by atoms with Crippen molar-refractivity contribution in [2.75, 3.05) is 0 Å². The number of hydrogen-bond donors (Lipinski definition) is 1. The van der Waals surface area contributed by atoms with Gasteiger partial charge in [0.15, 0.2) is 0 Å². The molecule has 1 saturated carbocycles. The maximum Gasteiger partial charge on any atom is 0.0300 e.